The molecule has 0 saturated carbocycles. The van der Waals surface area contributed by atoms with Crippen LogP contribution in [0.5, 0.6) is 5.75 Å². The van der Waals surface area contributed by atoms with E-state index < -0.39 is 11.7 Å². The highest BCUT2D eigenvalue weighted by Crippen LogP contribution is 2.32. The van der Waals surface area contributed by atoms with Crippen molar-refractivity contribution in [3.05, 3.63) is 89.5 Å². The van der Waals surface area contributed by atoms with Crippen molar-refractivity contribution in [2.45, 2.75) is 24.5 Å². The molecule has 0 heterocycles. The largest absolute Gasteiger partial charge is 0.506 e. The first-order valence-electron chi connectivity index (χ1n) is 10.5. The first kappa shape index (κ1) is 23.3. The minimum atomic E-state index is -1.30. The van der Waals surface area contributed by atoms with Crippen LogP contribution >= 0.6 is 0 Å². The molecule has 0 aliphatic heterocycles. The van der Waals surface area contributed by atoms with Gasteiger partial charge in [-0.1, -0.05) is 48.5 Å². The molecule has 7 N–H and O–H groups in total. The zero-order valence-corrected chi connectivity index (χ0v) is 17.7. The van der Waals surface area contributed by atoms with Gasteiger partial charge in [0.2, 0.25) is 6.41 Å². The number of phenols is 1. The predicted molar refractivity (Wildman–Crippen MR) is 125 cm³/mol. The average molecular weight is 436 g/mol. The molecule has 0 aliphatic rings. The van der Waals surface area contributed by atoms with E-state index in [9.17, 15) is 20.1 Å². The molecule has 32 heavy (non-hydrogen) atoms. The Morgan fingerprint density at radius 3 is 2.41 bits per heavy atom. The van der Waals surface area contributed by atoms with Gasteiger partial charge >= 0.3 is 0 Å². The van der Waals surface area contributed by atoms with Crippen molar-refractivity contribution in [2.75, 3.05) is 23.7 Å². The lowest BCUT2D eigenvalue weighted by Gasteiger charge is -2.28. The summed E-state index contributed by atoms with van der Waals surface area (Å²) in [5.74, 6) is -0.0827. The van der Waals surface area contributed by atoms with Gasteiger partial charge in [-0.15, -0.1) is 0 Å². The van der Waals surface area contributed by atoms with Gasteiger partial charge in [0.15, 0.2) is 0 Å². The Morgan fingerprint density at radius 1 is 1.03 bits per heavy atom. The lowest BCUT2D eigenvalue weighted by molar-refractivity contribution is -0.105. The summed E-state index contributed by atoms with van der Waals surface area (Å²) in [4.78, 5) is 10.7. The van der Waals surface area contributed by atoms with Crippen molar-refractivity contribution < 1.29 is 20.1 Å². The fourth-order valence-corrected chi connectivity index (χ4v) is 3.52. The van der Waals surface area contributed by atoms with E-state index in [4.69, 9.17) is 5.73 Å². The first-order chi connectivity index (χ1) is 15.4. The van der Waals surface area contributed by atoms with Crippen molar-refractivity contribution >= 4 is 17.8 Å². The summed E-state index contributed by atoms with van der Waals surface area (Å²) < 4.78 is 0. The molecule has 0 bridgehead atoms. The van der Waals surface area contributed by atoms with Crippen LogP contribution in [0.3, 0.4) is 0 Å². The highest BCUT2D eigenvalue weighted by atomic mass is 16.3. The second-order valence-electron chi connectivity index (χ2n) is 7.73. The standard InChI is InChI=1S/C25H29N3O4/c26-16-25(32,20-8-11-23(30)22(14-20)28-17-29)13-12-18-6-9-21(10-7-18)27-15-24(31)19-4-2-1-3-5-19/h1-11,14,17,24,27,30-32H,12-13,15-16,26H2,(H,28,29)/t24-,25-/m0/s1. The van der Waals surface area contributed by atoms with Crippen molar-refractivity contribution in [1.29, 1.82) is 0 Å². The fraction of sp³-hybridized carbons (Fsp3) is 0.240. The molecule has 0 unspecified atom stereocenters. The molecule has 2 atom stereocenters. The summed E-state index contributed by atoms with van der Waals surface area (Å²) in [5, 5.41) is 36.8. The number of rotatable bonds is 11. The summed E-state index contributed by atoms with van der Waals surface area (Å²) in [7, 11) is 0. The second kappa shape index (κ2) is 10.8. The Balaban J connectivity index is 1.59. The normalized spacial score (nSPS) is 13.7. The number of carbonyl (C=O) groups excluding carboxylic acids is 1. The highest BCUT2D eigenvalue weighted by molar-refractivity contribution is 5.75. The Kier molecular flexibility index (Phi) is 7.83. The number of aromatic hydroxyl groups is 1. The molecule has 7 nitrogen and oxygen atoms in total. The maximum atomic E-state index is 11.1. The van der Waals surface area contributed by atoms with Crippen LogP contribution in [0.15, 0.2) is 72.8 Å². The molecule has 0 fully saturated rings. The lowest BCUT2D eigenvalue weighted by atomic mass is 9.87. The van der Waals surface area contributed by atoms with Gasteiger partial charge < -0.3 is 31.7 Å². The van der Waals surface area contributed by atoms with Crippen molar-refractivity contribution in [1.82, 2.24) is 0 Å². The van der Waals surface area contributed by atoms with Gasteiger partial charge in [-0.3, -0.25) is 4.79 Å². The van der Waals surface area contributed by atoms with E-state index in [1.54, 1.807) is 6.07 Å². The molecule has 0 aliphatic carbocycles. The monoisotopic (exact) mass is 435 g/mol. The van der Waals surface area contributed by atoms with E-state index in [0.717, 1.165) is 16.8 Å². The fourth-order valence-electron chi connectivity index (χ4n) is 3.52. The summed E-state index contributed by atoms with van der Waals surface area (Å²) in [6.07, 6.45) is 0.820. The number of phenolic OH excluding ortho intramolecular Hbond substituents is 1. The molecule has 168 valence electrons. The van der Waals surface area contributed by atoms with E-state index in [2.05, 4.69) is 10.6 Å². The predicted octanol–water partition coefficient (Wildman–Crippen LogP) is 2.89. The zero-order chi connectivity index (χ0) is 23.0. The minimum absolute atomic E-state index is 0.00464. The molecule has 7 heteroatoms. The topological polar surface area (TPSA) is 128 Å². The van der Waals surface area contributed by atoms with Crippen LogP contribution < -0.4 is 16.4 Å². The lowest BCUT2D eigenvalue weighted by Crippen LogP contribution is -2.35. The number of aryl methyl sites for hydroxylation is 1. The molecule has 0 saturated heterocycles. The second-order valence-corrected chi connectivity index (χ2v) is 7.73. The van der Waals surface area contributed by atoms with Crippen LogP contribution in [-0.4, -0.2) is 34.8 Å². The number of hydrogen-bond acceptors (Lipinski definition) is 6. The van der Waals surface area contributed by atoms with Gasteiger partial charge in [-0.2, -0.15) is 0 Å². The Bertz CT molecular complexity index is 1010. The van der Waals surface area contributed by atoms with E-state index in [1.165, 1.54) is 12.1 Å². The number of aliphatic hydroxyl groups excluding tert-OH is 1. The van der Waals surface area contributed by atoms with Crippen LogP contribution in [0.25, 0.3) is 0 Å². The smallest absolute Gasteiger partial charge is 0.211 e. The van der Waals surface area contributed by atoms with E-state index >= 15 is 0 Å². The summed E-state index contributed by atoms with van der Waals surface area (Å²) >= 11 is 0. The third kappa shape index (κ3) is 5.85. The Hall–Kier alpha value is -3.39. The molecular formula is C25H29N3O4. The van der Waals surface area contributed by atoms with Gasteiger partial charge in [0.1, 0.15) is 11.4 Å². The third-order valence-electron chi connectivity index (χ3n) is 5.55. The van der Waals surface area contributed by atoms with Gasteiger partial charge in [-0.05, 0) is 53.8 Å². The Morgan fingerprint density at radius 2 is 1.75 bits per heavy atom. The molecule has 0 spiro atoms. The highest BCUT2D eigenvalue weighted by Gasteiger charge is 2.28. The average Bonchev–Trinajstić information content (AvgIpc) is 2.83. The van der Waals surface area contributed by atoms with Gasteiger partial charge in [0, 0.05) is 18.8 Å². The molecule has 3 aromatic carbocycles. The van der Waals surface area contributed by atoms with Crippen molar-refractivity contribution in [2.24, 2.45) is 5.73 Å². The maximum absolute atomic E-state index is 11.1. The number of hydrogen-bond donors (Lipinski definition) is 6. The SMILES string of the molecule is NC[C@@](O)(CCc1ccc(NC[C@H](O)c2ccccc2)cc1)c1ccc(O)c(NC=O)c1. The van der Waals surface area contributed by atoms with E-state index in [1.807, 2.05) is 54.6 Å². The van der Waals surface area contributed by atoms with Gasteiger partial charge in [-0.25, -0.2) is 0 Å². The Labute approximate surface area is 187 Å². The first-order valence-corrected chi connectivity index (χ1v) is 10.5. The zero-order valence-electron chi connectivity index (χ0n) is 17.7. The van der Waals surface area contributed by atoms with Gasteiger partial charge in [0.25, 0.3) is 0 Å². The van der Waals surface area contributed by atoms with Crippen LogP contribution in [-0.2, 0) is 16.8 Å². The number of anilines is 2. The van der Waals surface area contributed by atoms with E-state index in [0.29, 0.717) is 31.4 Å². The van der Waals surface area contributed by atoms with Crippen molar-refractivity contribution in [3.8, 4) is 5.75 Å². The van der Waals surface area contributed by atoms with E-state index in [-0.39, 0.29) is 18.0 Å². The maximum Gasteiger partial charge on any atom is 0.211 e. The van der Waals surface area contributed by atoms with Crippen LogP contribution in [0, 0.1) is 0 Å². The molecule has 1 amide bonds. The summed E-state index contributed by atoms with van der Waals surface area (Å²) in [6, 6.07) is 21.8. The summed E-state index contributed by atoms with van der Waals surface area (Å²) in [5.41, 5.74) is 8.08. The quantitative estimate of drug-likeness (QED) is 0.203. The number of nitrogens with two attached hydrogens (primary N) is 1. The van der Waals surface area contributed by atoms with Crippen LogP contribution in [0.2, 0.25) is 0 Å². The van der Waals surface area contributed by atoms with Crippen LogP contribution in [0.1, 0.15) is 29.2 Å². The number of amides is 1. The minimum Gasteiger partial charge on any atom is -0.506 e. The van der Waals surface area contributed by atoms with Crippen molar-refractivity contribution in [3.63, 3.8) is 0 Å². The van der Waals surface area contributed by atoms with Gasteiger partial charge in [0.05, 0.1) is 11.8 Å². The number of aliphatic hydroxyl groups is 2. The third-order valence-corrected chi connectivity index (χ3v) is 5.55. The molecule has 0 radical (unpaired) electrons. The number of benzene rings is 3. The van der Waals surface area contributed by atoms with Crippen LogP contribution in [0.4, 0.5) is 11.4 Å². The number of nitrogens with one attached hydrogen (secondary N) is 2. The molecule has 0 aromatic heterocycles. The molecule has 3 rings (SSSR count). The molecular weight excluding hydrogens is 406 g/mol. The number of carbonyl (C=O) groups is 1. The molecule has 3 aromatic rings. The summed E-state index contributed by atoms with van der Waals surface area (Å²) in [6.45, 7) is 0.392.